The van der Waals surface area contributed by atoms with Crippen molar-refractivity contribution in [2.24, 2.45) is 34.5 Å². The van der Waals surface area contributed by atoms with Crippen LogP contribution in [-0.4, -0.2) is 38.2 Å². The molecule has 4 aliphatic carbocycles. The second-order valence-electron chi connectivity index (χ2n) is 11.0. The van der Waals surface area contributed by atoms with Gasteiger partial charge in [0, 0.05) is 12.8 Å². The molecular weight excluding hydrogens is 420 g/mol. The fourth-order valence-corrected chi connectivity index (χ4v) is 7.42. The smallest absolute Gasteiger partial charge is 0.469 e. The Kier molecular flexibility index (Phi) is 6.49. The molecule has 0 radical (unpaired) electrons. The lowest BCUT2D eigenvalue weighted by Crippen LogP contribution is -2.51. The largest absolute Gasteiger partial charge is 0.508 e. The van der Waals surface area contributed by atoms with E-state index in [2.05, 4.69) is 37.7 Å². The minimum Gasteiger partial charge on any atom is -0.469 e. The minimum absolute atomic E-state index is 0.0342. The predicted molar refractivity (Wildman–Crippen MR) is 123 cm³/mol. The first kappa shape index (κ1) is 24.0. The molecule has 0 heterocycles. The number of rotatable bonds is 5. The topological polar surface area (TPSA) is 78.9 Å². The van der Waals surface area contributed by atoms with E-state index in [1.807, 2.05) is 0 Å². The van der Waals surface area contributed by atoms with Crippen LogP contribution in [0.1, 0.15) is 72.1 Å². The summed E-state index contributed by atoms with van der Waals surface area (Å²) in [5.74, 6) is 1.27. The molecule has 0 amide bonds. The summed E-state index contributed by atoms with van der Waals surface area (Å²) in [5, 5.41) is 0. The van der Waals surface area contributed by atoms with E-state index in [1.165, 1.54) is 25.4 Å². The third kappa shape index (κ3) is 3.93. The maximum atomic E-state index is 13.8. The number of ether oxygens (including phenoxy) is 3. The molecule has 33 heavy (non-hydrogen) atoms. The zero-order valence-corrected chi connectivity index (χ0v) is 20.6. The molecule has 2 saturated carbocycles. The quantitative estimate of drug-likeness (QED) is 0.513. The summed E-state index contributed by atoms with van der Waals surface area (Å²) in [6, 6.07) is 0. The van der Waals surface area contributed by atoms with Crippen LogP contribution >= 0.6 is 0 Å². The monoisotopic (exact) mass is 458 g/mol. The van der Waals surface area contributed by atoms with Crippen LogP contribution in [-0.2, 0) is 23.8 Å². The average molecular weight is 459 g/mol. The molecule has 0 unspecified atom stereocenters. The minimum atomic E-state index is -0.609. The number of hydrogen-bond acceptors (Lipinski definition) is 6. The molecule has 2 fully saturated rings. The van der Waals surface area contributed by atoms with Crippen LogP contribution in [0.3, 0.4) is 0 Å². The average Bonchev–Trinajstić information content (AvgIpc) is 3.16. The van der Waals surface area contributed by atoms with Gasteiger partial charge in [0.25, 0.3) is 0 Å². The number of carbonyl (C=O) groups is 3. The summed E-state index contributed by atoms with van der Waals surface area (Å²) in [5.41, 5.74) is 2.19. The molecule has 0 bridgehead atoms. The van der Waals surface area contributed by atoms with Gasteiger partial charge in [0.1, 0.15) is 11.9 Å². The van der Waals surface area contributed by atoms with Crippen LogP contribution in [0.15, 0.2) is 23.3 Å². The fraction of sp³-hybridized carbons (Fsp3) is 0.741. The number of esters is 1. The highest BCUT2D eigenvalue weighted by Gasteiger charge is 2.59. The van der Waals surface area contributed by atoms with Crippen molar-refractivity contribution in [3.8, 4) is 0 Å². The van der Waals surface area contributed by atoms with Gasteiger partial charge in [-0.3, -0.25) is 9.59 Å². The van der Waals surface area contributed by atoms with E-state index in [1.54, 1.807) is 0 Å². The molecular formula is C27H38O6. The molecule has 4 aliphatic rings. The van der Waals surface area contributed by atoms with Crippen molar-refractivity contribution in [1.29, 1.82) is 0 Å². The third-order valence-electron chi connectivity index (χ3n) is 9.58. The molecule has 0 aliphatic heterocycles. The van der Waals surface area contributed by atoms with Crippen molar-refractivity contribution < 1.29 is 28.6 Å². The van der Waals surface area contributed by atoms with E-state index in [4.69, 9.17) is 9.47 Å². The molecule has 6 heteroatoms. The summed E-state index contributed by atoms with van der Waals surface area (Å²) in [6.07, 6.45) is 10.1. The van der Waals surface area contributed by atoms with Gasteiger partial charge in [0.15, 0.2) is 0 Å². The summed E-state index contributed by atoms with van der Waals surface area (Å²) >= 11 is 0. The summed E-state index contributed by atoms with van der Waals surface area (Å²) in [4.78, 5) is 37.1. The molecule has 7 atom stereocenters. The maximum absolute atomic E-state index is 13.8. The first-order valence-corrected chi connectivity index (χ1v) is 12.4. The van der Waals surface area contributed by atoms with Gasteiger partial charge in [0.05, 0.1) is 19.6 Å². The highest BCUT2D eigenvalue weighted by molar-refractivity contribution is 5.93. The fourth-order valence-electron chi connectivity index (χ4n) is 7.42. The number of Topliss-reactive ketones (excluding diaryl/α,β-unsaturated/α-hetero) is 1. The standard InChI is InChI=1S/C27H38O6/c1-16(6-11-24(29)31-4)20-9-10-21-19-8-7-17-14-18(33-25(30)32-5)12-13-26(17,2)22(19)15-23(28)27(20,21)3/h8,10,16-18,20,22H,6-7,9,11-15H2,1-5H3/t16-,17+,18+,20-,22+,26-,27-/m0/s1. The highest BCUT2D eigenvalue weighted by Crippen LogP contribution is 2.64. The van der Waals surface area contributed by atoms with Crippen molar-refractivity contribution in [2.45, 2.75) is 78.2 Å². The first-order valence-electron chi connectivity index (χ1n) is 12.4. The molecule has 0 saturated heterocycles. The number of ketones is 1. The van der Waals surface area contributed by atoms with Crippen molar-refractivity contribution >= 4 is 17.9 Å². The SMILES string of the molecule is COC(=O)CC[C@H](C)[C@@H]1CC=C2C3=CC[C@@H]4C[C@H](OC(=O)OC)CC[C@]4(C)[C@@H]3CC(=O)[C@]21C. The van der Waals surface area contributed by atoms with Crippen LogP contribution in [0.25, 0.3) is 0 Å². The number of carbonyl (C=O) groups excluding carboxylic acids is 3. The van der Waals surface area contributed by atoms with E-state index >= 15 is 0 Å². The van der Waals surface area contributed by atoms with Crippen LogP contribution in [0.5, 0.6) is 0 Å². The van der Waals surface area contributed by atoms with Crippen LogP contribution in [0, 0.1) is 34.5 Å². The maximum Gasteiger partial charge on any atom is 0.508 e. The van der Waals surface area contributed by atoms with Crippen molar-refractivity contribution in [3.63, 3.8) is 0 Å². The summed E-state index contributed by atoms with van der Waals surface area (Å²) in [7, 11) is 2.77. The predicted octanol–water partition coefficient (Wildman–Crippen LogP) is 5.41. The van der Waals surface area contributed by atoms with E-state index in [9.17, 15) is 14.4 Å². The highest BCUT2D eigenvalue weighted by atomic mass is 16.7. The Morgan fingerprint density at radius 2 is 1.91 bits per heavy atom. The Bertz CT molecular complexity index is 887. The van der Waals surface area contributed by atoms with E-state index < -0.39 is 11.6 Å². The molecule has 6 nitrogen and oxygen atoms in total. The normalized spacial score (nSPS) is 38.2. The van der Waals surface area contributed by atoms with Gasteiger partial charge in [-0.2, -0.15) is 0 Å². The number of hydrogen-bond donors (Lipinski definition) is 0. The number of fused-ring (bicyclic) bond motifs is 5. The Morgan fingerprint density at radius 3 is 2.61 bits per heavy atom. The first-order chi connectivity index (χ1) is 15.6. The van der Waals surface area contributed by atoms with E-state index in [-0.39, 0.29) is 35.2 Å². The summed E-state index contributed by atoms with van der Waals surface area (Å²) < 4.78 is 15.0. The third-order valence-corrected chi connectivity index (χ3v) is 9.58. The van der Waals surface area contributed by atoms with Crippen LogP contribution in [0.2, 0.25) is 0 Å². The molecule has 0 spiro atoms. The second-order valence-corrected chi connectivity index (χ2v) is 11.0. The van der Waals surface area contributed by atoms with Gasteiger partial charge < -0.3 is 14.2 Å². The Labute approximate surface area is 197 Å². The molecule has 0 aromatic rings. The van der Waals surface area contributed by atoms with Crippen molar-refractivity contribution in [3.05, 3.63) is 23.3 Å². The molecule has 0 aromatic carbocycles. The zero-order valence-electron chi connectivity index (χ0n) is 20.6. The van der Waals surface area contributed by atoms with E-state index in [0.717, 1.165) is 38.5 Å². The molecule has 182 valence electrons. The van der Waals surface area contributed by atoms with Gasteiger partial charge in [-0.1, -0.05) is 26.0 Å². The Morgan fingerprint density at radius 1 is 1.15 bits per heavy atom. The van der Waals surface area contributed by atoms with Crippen LogP contribution < -0.4 is 0 Å². The number of allylic oxidation sites excluding steroid dienone is 4. The van der Waals surface area contributed by atoms with Gasteiger partial charge in [0.2, 0.25) is 0 Å². The molecule has 4 rings (SSSR count). The van der Waals surface area contributed by atoms with Gasteiger partial charge in [-0.25, -0.2) is 4.79 Å². The number of methoxy groups -OCH3 is 2. The lowest BCUT2D eigenvalue weighted by Gasteiger charge is -2.55. The summed E-state index contributed by atoms with van der Waals surface area (Å²) in [6.45, 7) is 6.65. The van der Waals surface area contributed by atoms with Crippen LogP contribution in [0.4, 0.5) is 4.79 Å². The molecule has 0 aromatic heterocycles. The van der Waals surface area contributed by atoms with Gasteiger partial charge in [-0.05, 0) is 85.7 Å². The zero-order chi connectivity index (χ0) is 24.0. The van der Waals surface area contributed by atoms with Crippen molar-refractivity contribution in [2.75, 3.05) is 14.2 Å². The van der Waals surface area contributed by atoms with Crippen molar-refractivity contribution in [1.82, 2.24) is 0 Å². The lowest BCUT2D eigenvalue weighted by atomic mass is 9.48. The molecule has 0 N–H and O–H groups in total. The second kappa shape index (κ2) is 8.92. The Balaban J connectivity index is 1.54. The van der Waals surface area contributed by atoms with E-state index in [0.29, 0.717) is 24.5 Å². The van der Waals surface area contributed by atoms with Gasteiger partial charge >= 0.3 is 12.1 Å². The lowest BCUT2D eigenvalue weighted by molar-refractivity contribution is -0.141. The van der Waals surface area contributed by atoms with Gasteiger partial charge in [-0.15, -0.1) is 0 Å². The Hall–Kier alpha value is -2.11.